The van der Waals surface area contributed by atoms with E-state index in [0.29, 0.717) is 6.61 Å². The summed E-state index contributed by atoms with van der Waals surface area (Å²) in [6, 6.07) is 0. The lowest BCUT2D eigenvalue weighted by molar-refractivity contribution is 0.158. The Bertz CT molecular complexity index is 115. The molecule has 66 valence electrons. The molecule has 2 nitrogen and oxygen atoms in total. The first kappa shape index (κ1) is 11.0. The van der Waals surface area contributed by atoms with E-state index in [1.54, 1.807) is 5.54 Å². The van der Waals surface area contributed by atoms with Crippen LogP contribution in [0.25, 0.3) is 0 Å². The summed E-state index contributed by atoms with van der Waals surface area (Å²) in [5.41, 5.74) is 2.61. The number of likely N-dealkylation sites (N-methyl/N-ethyl adjacent to an activating group) is 1. The van der Waals surface area contributed by atoms with Crippen molar-refractivity contribution in [2.45, 2.75) is 13.8 Å². The fraction of sp³-hybridized carbons (Fsp3) is 0.750. The van der Waals surface area contributed by atoms with Crippen LogP contribution >= 0.6 is 11.6 Å². The standard InChI is InChI=1S/C8H16ClNO/c1-3-10-4-5-11-7-8(2)6-9/h6,10H,3-5,7H2,1-2H3. The lowest BCUT2D eigenvalue weighted by Crippen LogP contribution is -2.19. The van der Waals surface area contributed by atoms with Crippen molar-refractivity contribution in [1.29, 1.82) is 0 Å². The van der Waals surface area contributed by atoms with Crippen molar-refractivity contribution in [3.05, 3.63) is 11.1 Å². The average Bonchev–Trinajstić information content (AvgIpc) is 2.04. The molecule has 0 aromatic heterocycles. The van der Waals surface area contributed by atoms with Gasteiger partial charge in [-0.25, -0.2) is 0 Å². The Kier molecular flexibility index (Phi) is 8.01. The molecule has 0 saturated carbocycles. The van der Waals surface area contributed by atoms with Crippen molar-refractivity contribution >= 4 is 11.6 Å². The summed E-state index contributed by atoms with van der Waals surface area (Å²) in [7, 11) is 0. The van der Waals surface area contributed by atoms with Gasteiger partial charge in [0.15, 0.2) is 0 Å². The maximum absolute atomic E-state index is 5.43. The van der Waals surface area contributed by atoms with E-state index in [4.69, 9.17) is 16.3 Å². The van der Waals surface area contributed by atoms with Gasteiger partial charge in [-0.2, -0.15) is 0 Å². The molecule has 0 spiro atoms. The average molecular weight is 178 g/mol. The van der Waals surface area contributed by atoms with Crippen LogP contribution in [0.4, 0.5) is 0 Å². The monoisotopic (exact) mass is 177 g/mol. The molecule has 0 fully saturated rings. The summed E-state index contributed by atoms with van der Waals surface area (Å²) in [5.74, 6) is 0. The van der Waals surface area contributed by atoms with Gasteiger partial charge in [-0.3, -0.25) is 0 Å². The maximum atomic E-state index is 5.43. The number of nitrogens with one attached hydrogen (secondary N) is 1. The van der Waals surface area contributed by atoms with E-state index in [0.717, 1.165) is 25.3 Å². The van der Waals surface area contributed by atoms with E-state index < -0.39 is 0 Å². The number of hydrogen-bond acceptors (Lipinski definition) is 2. The van der Waals surface area contributed by atoms with Gasteiger partial charge in [0, 0.05) is 12.1 Å². The van der Waals surface area contributed by atoms with Gasteiger partial charge >= 0.3 is 0 Å². The largest absolute Gasteiger partial charge is 0.376 e. The lowest BCUT2D eigenvalue weighted by atomic mass is 10.4. The molecule has 0 amide bonds. The molecule has 0 aliphatic carbocycles. The van der Waals surface area contributed by atoms with E-state index in [-0.39, 0.29) is 0 Å². The summed E-state index contributed by atoms with van der Waals surface area (Å²) < 4.78 is 5.27. The first-order valence-corrected chi connectivity index (χ1v) is 4.29. The highest BCUT2D eigenvalue weighted by Gasteiger charge is 1.88. The molecule has 0 aliphatic heterocycles. The van der Waals surface area contributed by atoms with Crippen molar-refractivity contribution in [2.24, 2.45) is 0 Å². The molecular weight excluding hydrogens is 162 g/mol. The first-order chi connectivity index (χ1) is 5.31. The molecule has 0 bridgehead atoms. The quantitative estimate of drug-likeness (QED) is 0.625. The minimum absolute atomic E-state index is 0.634. The van der Waals surface area contributed by atoms with Crippen molar-refractivity contribution in [3.63, 3.8) is 0 Å². The summed E-state index contributed by atoms with van der Waals surface area (Å²) in [4.78, 5) is 0. The van der Waals surface area contributed by atoms with Crippen molar-refractivity contribution in [1.82, 2.24) is 5.32 Å². The fourth-order valence-corrected chi connectivity index (χ4v) is 0.649. The molecule has 11 heavy (non-hydrogen) atoms. The third kappa shape index (κ3) is 7.85. The van der Waals surface area contributed by atoms with E-state index in [1.165, 1.54) is 0 Å². The van der Waals surface area contributed by atoms with E-state index in [9.17, 15) is 0 Å². The topological polar surface area (TPSA) is 21.3 Å². The molecule has 0 rings (SSSR count). The summed E-state index contributed by atoms with van der Waals surface area (Å²) in [6.45, 7) is 7.30. The summed E-state index contributed by atoms with van der Waals surface area (Å²) in [5, 5.41) is 3.16. The molecule has 0 aromatic rings. The predicted octanol–water partition coefficient (Wildman–Crippen LogP) is 1.76. The fourth-order valence-electron chi connectivity index (χ4n) is 0.586. The Morgan fingerprint density at radius 2 is 2.36 bits per heavy atom. The molecule has 0 radical (unpaired) electrons. The summed E-state index contributed by atoms with van der Waals surface area (Å²) in [6.07, 6.45) is 0. The number of ether oxygens (including phenoxy) is 1. The van der Waals surface area contributed by atoms with Crippen LogP contribution in [0.1, 0.15) is 13.8 Å². The highest BCUT2D eigenvalue weighted by Crippen LogP contribution is 1.94. The van der Waals surface area contributed by atoms with Crippen molar-refractivity contribution in [3.8, 4) is 0 Å². The van der Waals surface area contributed by atoms with Gasteiger partial charge in [0.05, 0.1) is 13.2 Å². The van der Waals surface area contributed by atoms with Gasteiger partial charge in [-0.1, -0.05) is 18.5 Å². The molecule has 0 unspecified atom stereocenters. The van der Waals surface area contributed by atoms with Gasteiger partial charge < -0.3 is 10.1 Å². The Hall–Kier alpha value is -0.0500. The SMILES string of the molecule is CCNCCOCC(C)=CCl. The van der Waals surface area contributed by atoms with Gasteiger partial charge in [0.1, 0.15) is 0 Å². The highest BCUT2D eigenvalue weighted by molar-refractivity contribution is 6.25. The van der Waals surface area contributed by atoms with Crippen LogP contribution in [0.3, 0.4) is 0 Å². The van der Waals surface area contributed by atoms with Crippen LogP contribution in [0.15, 0.2) is 11.1 Å². The normalized spacial score (nSPS) is 12.1. The third-order valence-corrected chi connectivity index (χ3v) is 1.56. The molecule has 0 saturated heterocycles. The second kappa shape index (κ2) is 8.05. The molecule has 0 aliphatic rings. The molecular formula is C8H16ClNO. The first-order valence-electron chi connectivity index (χ1n) is 3.85. The van der Waals surface area contributed by atoms with E-state index >= 15 is 0 Å². The maximum Gasteiger partial charge on any atom is 0.0686 e. The van der Waals surface area contributed by atoms with Gasteiger partial charge in [-0.15, -0.1) is 0 Å². The van der Waals surface area contributed by atoms with Crippen molar-refractivity contribution < 1.29 is 4.74 Å². The van der Waals surface area contributed by atoms with Gasteiger partial charge in [0.25, 0.3) is 0 Å². The van der Waals surface area contributed by atoms with Crippen molar-refractivity contribution in [2.75, 3.05) is 26.3 Å². The number of rotatable bonds is 6. The Morgan fingerprint density at radius 1 is 1.64 bits per heavy atom. The Balaban J connectivity index is 3.02. The highest BCUT2D eigenvalue weighted by atomic mass is 35.5. The number of halogens is 1. The molecule has 0 heterocycles. The zero-order valence-corrected chi connectivity index (χ0v) is 7.95. The third-order valence-electron chi connectivity index (χ3n) is 1.19. The minimum atomic E-state index is 0.634. The van der Waals surface area contributed by atoms with E-state index in [1.807, 2.05) is 6.92 Å². The van der Waals surface area contributed by atoms with Crippen LogP contribution in [0.5, 0.6) is 0 Å². The Labute approximate surface area is 73.6 Å². The van der Waals surface area contributed by atoms with E-state index in [2.05, 4.69) is 12.2 Å². The molecule has 3 heteroatoms. The zero-order chi connectivity index (χ0) is 8.53. The molecule has 1 N–H and O–H groups in total. The van der Waals surface area contributed by atoms with Gasteiger partial charge in [-0.05, 0) is 19.0 Å². The van der Waals surface area contributed by atoms with Crippen LogP contribution in [0.2, 0.25) is 0 Å². The van der Waals surface area contributed by atoms with Crippen LogP contribution in [-0.2, 0) is 4.74 Å². The predicted molar refractivity (Wildman–Crippen MR) is 49.0 cm³/mol. The van der Waals surface area contributed by atoms with Crippen LogP contribution < -0.4 is 5.32 Å². The number of hydrogen-bond donors (Lipinski definition) is 1. The zero-order valence-electron chi connectivity index (χ0n) is 7.19. The second-order valence-electron chi connectivity index (χ2n) is 2.36. The molecule has 0 atom stereocenters. The van der Waals surface area contributed by atoms with Crippen LogP contribution in [0, 0.1) is 0 Å². The van der Waals surface area contributed by atoms with Gasteiger partial charge in [0.2, 0.25) is 0 Å². The lowest BCUT2D eigenvalue weighted by Gasteiger charge is -2.03. The second-order valence-corrected chi connectivity index (χ2v) is 2.58. The summed E-state index contributed by atoms with van der Waals surface area (Å²) >= 11 is 5.43. The molecule has 0 aromatic carbocycles. The minimum Gasteiger partial charge on any atom is -0.376 e. The Morgan fingerprint density at radius 3 is 2.91 bits per heavy atom. The smallest absolute Gasteiger partial charge is 0.0686 e. The van der Waals surface area contributed by atoms with Crippen LogP contribution in [-0.4, -0.2) is 26.3 Å².